The minimum Gasteiger partial charge on any atom is -0.464 e. The van der Waals surface area contributed by atoms with Gasteiger partial charge in [-0.1, -0.05) is 34.3 Å². The number of hydrazine groups is 1. The Bertz CT molecular complexity index is 2820. The van der Waals surface area contributed by atoms with Crippen molar-refractivity contribution in [3.63, 3.8) is 0 Å². The summed E-state index contributed by atoms with van der Waals surface area (Å²) in [5.41, 5.74) is 2.84. The standard InChI is InChI=1S/C53H68F4N10O8/c1-10-43(68)65-17-15-52(54,28-65)50(72)63(8)45(31(2)3)47(69)60-39-24-42-58-27-41(75-42)33-13-14-40-35(22-33)37(25-51(5,6)30-74-49(71)38-12-11-16-67(61-38)48(39)70)46(66(40)29-53(55,56)57)36-23-34(26-59-44(36)32(4)73-9)64-20-18-62(7)19-21-64/h10,13-14,22-23,26-27,31-32,38-39,45,61H,1,11-12,15-21,24-25,28-30H2,2-9H3,(H,60,69)/t32-,38-,39-,45?,52+/m0/s1. The minimum atomic E-state index is -4.66. The molecule has 5 atom stereocenters. The lowest BCUT2D eigenvalue weighted by atomic mass is 9.84. The van der Waals surface area contributed by atoms with Crippen molar-refractivity contribution in [1.29, 1.82) is 0 Å². The molecule has 2 N–H and O–H groups in total. The van der Waals surface area contributed by atoms with Gasteiger partial charge in [-0.15, -0.1) is 0 Å². The first-order valence-corrected chi connectivity index (χ1v) is 25.5. The SMILES string of the molecule is C=CC(=O)N1CC[C@](F)(C(=O)N(C)C(C(=O)N[C@H]2Cc3ncc(o3)-c3ccc4c(c3)c(c(-c3cc(N5CCN(C)CC5)cnc3[C@H](C)OC)n4CC(F)(F)F)CC(C)(C)COC(=O)[C@@H]3CCCN(N3)C2=O)C(C)C)C1. The van der Waals surface area contributed by atoms with Crippen LogP contribution in [0.3, 0.4) is 0 Å². The molecule has 3 aromatic heterocycles. The summed E-state index contributed by atoms with van der Waals surface area (Å²) in [5.74, 6) is -4.01. The van der Waals surface area contributed by atoms with Crippen LogP contribution in [0.4, 0.5) is 23.2 Å². The zero-order valence-corrected chi connectivity index (χ0v) is 43.9. The van der Waals surface area contributed by atoms with Gasteiger partial charge in [-0.25, -0.2) is 14.8 Å². The monoisotopic (exact) mass is 1050 g/mol. The van der Waals surface area contributed by atoms with E-state index in [4.69, 9.17) is 18.9 Å². The van der Waals surface area contributed by atoms with Crippen molar-refractivity contribution >= 4 is 46.2 Å². The summed E-state index contributed by atoms with van der Waals surface area (Å²) in [6.45, 7) is 13.4. The zero-order chi connectivity index (χ0) is 54.3. The number of likely N-dealkylation sites (tertiary alicyclic amines) is 1. The number of esters is 1. The number of ether oxygens (including phenoxy) is 2. The van der Waals surface area contributed by atoms with E-state index in [2.05, 4.69) is 32.1 Å². The summed E-state index contributed by atoms with van der Waals surface area (Å²) >= 11 is 0. The number of likely N-dealkylation sites (N-methyl/N-ethyl adjacent to an activating group) is 2. The molecule has 4 aliphatic heterocycles. The summed E-state index contributed by atoms with van der Waals surface area (Å²) in [4.78, 5) is 85.2. The summed E-state index contributed by atoms with van der Waals surface area (Å²) in [7, 11) is 4.85. The summed E-state index contributed by atoms with van der Waals surface area (Å²) < 4.78 is 80.8. The van der Waals surface area contributed by atoms with Crippen LogP contribution in [-0.2, 0) is 52.8 Å². The van der Waals surface area contributed by atoms with Gasteiger partial charge in [0.1, 0.15) is 24.7 Å². The number of hydrogen-bond donors (Lipinski definition) is 2. The van der Waals surface area contributed by atoms with Crippen LogP contribution in [0.25, 0.3) is 33.5 Å². The van der Waals surface area contributed by atoms with Crippen molar-refractivity contribution in [2.75, 3.05) is 78.5 Å². The second-order valence-electron chi connectivity index (χ2n) is 21.5. The van der Waals surface area contributed by atoms with E-state index in [1.54, 1.807) is 45.2 Å². The van der Waals surface area contributed by atoms with Crippen LogP contribution in [0.2, 0.25) is 0 Å². The van der Waals surface area contributed by atoms with Crippen molar-refractivity contribution in [2.24, 2.45) is 11.3 Å². The summed E-state index contributed by atoms with van der Waals surface area (Å²) in [6, 6.07) is 3.18. The maximum Gasteiger partial charge on any atom is 0.406 e. The number of alkyl halides is 4. The van der Waals surface area contributed by atoms with Crippen molar-refractivity contribution in [1.82, 2.24) is 45.0 Å². The number of oxazole rings is 1. The summed E-state index contributed by atoms with van der Waals surface area (Å²) in [6.07, 6.45) is -0.879. The number of rotatable bonds is 11. The smallest absolute Gasteiger partial charge is 0.406 e. The molecule has 0 radical (unpaired) electrons. The number of anilines is 1. The highest BCUT2D eigenvalue weighted by Gasteiger charge is 2.50. The molecule has 1 aromatic carbocycles. The van der Waals surface area contributed by atoms with Crippen LogP contribution >= 0.6 is 0 Å². The van der Waals surface area contributed by atoms with E-state index in [1.165, 1.54) is 34.8 Å². The fourth-order valence-corrected chi connectivity index (χ4v) is 10.7. The third kappa shape index (κ3) is 11.7. The van der Waals surface area contributed by atoms with Gasteiger partial charge >= 0.3 is 12.1 Å². The summed E-state index contributed by atoms with van der Waals surface area (Å²) in [5, 5.41) is 4.49. The normalized spacial score (nSPS) is 22.7. The lowest BCUT2D eigenvalue weighted by Gasteiger charge is -2.37. The van der Waals surface area contributed by atoms with Crippen LogP contribution in [0.15, 0.2) is 53.7 Å². The molecule has 7 heterocycles. The molecule has 1 unspecified atom stereocenters. The number of halogens is 4. The van der Waals surface area contributed by atoms with Gasteiger partial charge in [0.15, 0.2) is 11.7 Å². The molecule has 18 nitrogen and oxygen atoms in total. The Morgan fingerprint density at radius 3 is 2.47 bits per heavy atom. The number of hydrogen-bond acceptors (Lipinski definition) is 13. The lowest BCUT2D eigenvalue weighted by Crippen LogP contribution is -2.62. The van der Waals surface area contributed by atoms with E-state index in [-0.39, 0.29) is 61.8 Å². The fraction of sp³-hybridized carbons (Fsp3) is 0.566. The molecule has 4 aromatic rings. The van der Waals surface area contributed by atoms with E-state index < -0.39 is 90.1 Å². The van der Waals surface area contributed by atoms with Crippen molar-refractivity contribution < 1.29 is 55.4 Å². The van der Waals surface area contributed by atoms with E-state index in [0.717, 1.165) is 29.8 Å². The number of nitrogens with one attached hydrogen (secondary N) is 2. The highest BCUT2D eigenvalue weighted by Crippen LogP contribution is 2.44. The van der Waals surface area contributed by atoms with Crippen LogP contribution < -0.4 is 15.6 Å². The molecule has 0 saturated carbocycles. The average molecular weight is 1050 g/mol. The number of piperazine rings is 1. The number of fused-ring (bicyclic) bond motifs is 6. The second kappa shape index (κ2) is 21.7. The Morgan fingerprint density at radius 2 is 1.79 bits per heavy atom. The van der Waals surface area contributed by atoms with Gasteiger partial charge in [0.2, 0.25) is 17.5 Å². The maximum atomic E-state index is 16.3. The molecule has 0 aliphatic carbocycles. The fourth-order valence-electron chi connectivity index (χ4n) is 10.7. The third-order valence-electron chi connectivity index (χ3n) is 14.8. The van der Waals surface area contributed by atoms with Crippen molar-refractivity contribution in [3.05, 3.63) is 66.5 Å². The number of carbonyl (C=O) groups is 5. The number of pyridine rings is 1. The van der Waals surface area contributed by atoms with Gasteiger partial charge in [0, 0.05) is 87.3 Å². The Balaban J connectivity index is 1.22. The Hall–Kier alpha value is -6.39. The van der Waals surface area contributed by atoms with Crippen LogP contribution in [0.1, 0.15) is 77.1 Å². The molecule has 3 fully saturated rings. The van der Waals surface area contributed by atoms with Gasteiger partial charge in [0.05, 0.1) is 55.1 Å². The number of benzene rings is 1. The zero-order valence-electron chi connectivity index (χ0n) is 43.9. The number of amides is 4. The Kier molecular flexibility index (Phi) is 15.9. The Labute approximate surface area is 433 Å². The van der Waals surface area contributed by atoms with Crippen LogP contribution in [0, 0.1) is 11.3 Å². The largest absolute Gasteiger partial charge is 0.464 e. The molecule has 75 heavy (non-hydrogen) atoms. The first kappa shape index (κ1) is 54.9. The average Bonchev–Trinajstić information content (AvgIpc) is 4.10. The Morgan fingerprint density at radius 1 is 1.05 bits per heavy atom. The first-order valence-electron chi connectivity index (χ1n) is 25.5. The molecule has 4 amide bonds. The molecule has 8 rings (SSSR count). The van der Waals surface area contributed by atoms with Crippen molar-refractivity contribution in [3.8, 4) is 22.6 Å². The molecule has 3 saturated heterocycles. The van der Waals surface area contributed by atoms with Crippen LogP contribution in [0.5, 0.6) is 0 Å². The highest BCUT2D eigenvalue weighted by atomic mass is 19.4. The number of aromatic nitrogens is 3. The van der Waals surface area contributed by atoms with E-state index in [0.29, 0.717) is 53.7 Å². The first-order chi connectivity index (χ1) is 35.4. The van der Waals surface area contributed by atoms with Gasteiger partial charge in [-0.2, -0.15) is 13.2 Å². The molecular weight excluding hydrogens is 981 g/mol. The highest BCUT2D eigenvalue weighted by molar-refractivity contribution is 5.97. The predicted octanol–water partition coefficient (Wildman–Crippen LogP) is 5.64. The third-order valence-corrected chi connectivity index (χ3v) is 14.8. The molecule has 4 aliphatic rings. The second-order valence-corrected chi connectivity index (χ2v) is 21.5. The quantitative estimate of drug-likeness (QED) is 0.107. The number of cyclic esters (lactones) is 1. The van der Waals surface area contributed by atoms with E-state index >= 15 is 17.6 Å². The molecular formula is C53H68F4N10O8. The van der Waals surface area contributed by atoms with E-state index in [9.17, 15) is 24.0 Å². The van der Waals surface area contributed by atoms with Crippen molar-refractivity contribution in [2.45, 2.75) is 109 Å². The minimum absolute atomic E-state index is 0.00526. The van der Waals surface area contributed by atoms with Gasteiger partial charge < -0.3 is 43.4 Å². The van der Waals surface area contributed by atoms with Crippen LogP contribution in [-0.4, -0.2) is 167 Å². The maximum absolute atomic E-state index is 16.3. The molecule has 0 spiro atoms. The topological polar surface area (TPSA) is 188 Å². The number of carbonyl (C=O) groups excluding carboxylic acids is 5. The van der Waals surface area contributed by atoms with E-state index in [1.807, 2.05) is 27.0 Å². The predicted molar refractivity (Wildman–Crippen MR) is 270 cm³/mol. The molecule has 406 valence electrons. The molecule has 22 heteroatoms. The number of methoxy groups -OCH3 is 1. The lowest BCUT2D eigenvalue weighted by molar-refractivity contribution is -0.155. The van der Waals surface area contributed by atoms with Gasteiger partial charge in [-0.3, -0.25) is 34.0 Å². The van der Waals surface area contributed by atoms with Gasteiger partial charge in [-0.05, 0) is 75.1 Å². The number of nitrogens with zero attached hydrogens (tertiary/aromatic N) is 8. The van der Waals surface area contributed by atoms with Gasteiger partial charge in [0.25, 0.3) is 11.8 Å². The molecule has 6 bridgehead atoms.